The zero-order valence-electron chi connectivity index (χ0n) is 20.1. The number of alkyl halides is 3. The van der Waals surface area contributed by atoms with Gasteiger partial charge in [-0.1, -0.05) is 12.1 Å². The van der Waals surface area contributed by atoms with Crippen LogP contribution in [0.3, 0.4) is 0 Å². The maximum Gasteiger partial charge on any atom is 0.417 e. The van der Waals surface area contributed by atoms with E-state index in [0.717, 1.165) is 41.2 Å². The van der Waals surface area contributed by atoms with Crippen LogP contribution >= 0.6 is 27.3 Å². The average molecular weight is 640 g/mol. The third-order valence-corrected chi connectivity index (χ3v) is 11.1. The van der Waals surface area contributed by atoms with E-state index in [4.69, 9.17) is 9.57 Å². The van der Waals surface area contributed by atoms with E-state index in [1.54, 1.807) is 12.1 Å². The molecule has 0 aliphatic carbocycles. The van der Waals surface area contributed by atoms with Gasteiger partial charge < -0.3 is 9.64 Å². The Bertz CT molecular complexity index is 1280. The van der Waals surface area contributed by atoms with Crippen molar-refractivity contribution in [3.63, 3.8) is 0 Å². The van der Waals surface area contributed by atoms with Crippen LogP contribution in [0.5, 0.6) is 0 Å². The first-order chi connectivity index (χ1) is 17.9. The molecule has 2 unspecified atom stereocenters. The lowest BCUT2D eigenvalue weighted by Gasteiger charge is -2.31. The van der Waals surface area contributed by atoms with Gasteiger partial charge in [-0.25, -0.2) is 18.7 Å². The number of thiophene rings is 1. The van der Waals surface area contributed by atoms with Gasteiger partial charge in [0, 0.05) is 31.0 Å². The van der Waals surface area contributed by atoms with Gasteiger partial charge in [-0.05, 0) is 59.5 Å². The number of hydrogen-bond donors (Lipinski definition) is 1. The number of rotatable bonds is 6. The molecule has 2 aromatic rings. The van der Waals surface area contributed by atoms with Crippen LogP contribution in [-0.2, 0) is 35.1 Å². The van der Waals surface area contributed by atoms with E-state index in [1.165, 1.54) is 12.1 Å². The van der Waals surface area contributed by atoms with Crippen LogP contribution in [0.2, 0.25) is 0 Å². The zero-order chi connectivity index (χ0) is 27.6. The largest absolute Gasteiger partial charge is 0.417 e. The molecule has 0 spiro atoms. The first kappa shape index (κ1) is 29.0. The zero-order valence-corrected chi connectivity index (χ0v) is 23.3. The van der Waals surface area contributed by atoms with Crippen molar-refractivity contribution in [2.45, 2.75) is 49.3 Å². The average Bonchev–Trinajstić information content (AvgIpc) is 3.27. The molecule has 2 amide bonds. The van der Waals surface area contributed by atoms with Gasteiger partial charge in [0.1, 0.15) is 4.75 Å². The highest BCUT2D eigenvalue weighted by Gasteiger charge is 2.50. The van der Waals surface area contributed by atoms with E-state index >= 15 is 0 Å². The molecular weight excluding hydrogens is 613 g/mol. The van der Waals surface area contributed by atoms with Crippen molar-refractivity contribution >= 4 is 48.9 Å². The van der Waals surface area contributed by atoms with E-state index in [1.807, 2.05) is 0 Å². The van der Waals surface area contributed by atoms with Crippen molar-refractivity contribution in [2.24, 2.45) is 0 Å². The number of carbonyl (C=O) groups excluding carboxylic acids is 2. The summed E-state index contributed by atoms with van der Waals surface area (Å²) in [7, 11) is -4.06. The van der Waals surface area contributed by atoms with Crippen molar-refractivity contribution in [3.8, 4) is 0 Å². The number of sulfone groups is 1. The Labute approximate surface area is 230 Å². The summed E-state index contributed by atoms with van der Waals surface area (Å²) in [5.41, 5.74) is 0.658. The number of carbonyl (C=O) groups is 2. The minimum Gasteiger partial charge on any atom is -0.350 e. The maximum atomic E-state index is 13.7. The Balaban J connectivity index is 1.60. The van der Waals surface area contributed by atoms with Crippen LogP contribution < -0.4 is 5.48 Å². The van der Waals surface area contributed by atoms with Gasteiger partial charge in [0.15, 0.2) is 16.1 Å². The van der Waals surface area contributed by atoms with Crippen LogP contribution in [0.15, 0.2) is 40.2 Å². The van der Waals surface area contributed by atoms with Gasteiger partial charge in [-0.15, -0.1) is 11.3 Å². The molecule has 2 saturated heterocycles. The molecule has 4 rings (SSSR count). The summed E-state index contributed by atoms with van der Waals surface area (Å²) in [5, 5.41) is 0. The second-order valence-corrected chi connectivity index (χ2v) is 14.0. The standard InChI is InChI=1S/C24H26BrF3N2O6S2/c25-19-9-8-18(37-19)23(15-20(31)29-36-21-7-3-4-13-35-21)10-11-30(12-14-38(23,33)34)22(32)16-5-1-2-6-17(16)24(26,27)28/h1-2,5-6,8-9,21H,3-4,7,10-15H2,(H,29,31). The predicted octanol–water partition coefficient (Wildman–Crippen LogP) is 4.65. The van der Waals surface area contributed by atoms with Crippen molar-refractivity contribution < 1.29 is 40.8 Å². The number of halogens is 4. The quantitative estimate of drug-likeness (QED) is 0.462. The fourth-order valence-electron chi connectivity index (χ4n) is 4.65. The number of benzene rings is 1. The van der Waals surface area contributed by atoms with Gasteiger partial charge in [0.05, 0.1) is 27.1 Å². The van der Waals surface area contributed by atoms with Gasteiger partial charge in [-0.3, -0.25) is 9.59 Å². The van der Waals surface area contributed by atoms with Gasteiger partial charge in [0.2, 0.25) is 5.91 Å². The molecular formula is C24H26BrF3N2O6S2. The Morgan fingerprint density at radius 2 is 1.95 bits per heavy atom. The third-order valence-electron chi connectivity index (χ3n) is 6.67. The highest BCUT2D eigenvalue weighted by atomic mass is 79.9. The normalized spacial score (nSPS) is 24.0. The van der Waals surface area contributed by atoms with E-state index < -0.39 is 62.2 Å². The number of nitrogens with one attached hydrogen (secondary N) is 1. The van der Waals surface area contributed by atoms with Gasteiger partial charge >= 0.3 is 6.18 Å². The second-order valence-electron chi connectivity index (χ2n) is 9.12. The lowest BCUT2D eigenvalue weighted by atomic mass is 9.97. The smallest absolute Gasteiger partial charge is 0.350 e. The fourth-order valence-corrected chi connectivity index (χ4v) is 8.63. The Morgan fingerprint density at radius 3 is 2.61 bits per heavy atom. The van der Waals surface area contributed by atoms with Crippen molar-refractivity contribution in [3.05, 3.63) is 56.2 Å². The van der Waals surface area contributed by atoms with Crippen molar-refractivity contribution in [2.75, 3.05) is 25.4 Å². The summed E-state index contributed by atoms with van der Waals surface area (Å²) >= 11 is 4.48. The number of hydrogen-bond acceptors (Lipinski definition) is 7. The van der Waals surface area contributed by atoms with Crippen LogP contribution in [0.25, 0.3) is 0 Å². The van der Waals surface area contributed by atoms with Gasteiger partial charge in [-0.2, -0.15) is 13.2 Å². The molecule has 0 radical (unpaired) electrons. The lowest BCUT2D eigenvalue weighted by molar-refractivity contribution is -0.200. The number of ether oxygens (including phenoxy) is 1. The van der Waals surface area contributed by atoms with Gasteiger partial charge in [0.25, 0.3) is 5.91 Å². The maximum absolute atomic E-state index is 13.7. The molecule has 1 N–H and O–H groups in total. The molecule has 2 fully saturated rings. The van der Waals surface area contributed by atoms with E-state index in [2.05, 4.69) is 21.4 Å². The summed E-state index contributed by atoms with van der Waals surface area (Å²) in [6, 6.07) is 7.66. The Hall–Kier alpha value is -2.00. The lowest BCUT2D eigenvalue weighted by Crippen LogP contribution is -2.43. The summed E-state index contributed by atoms with van der Waals surface area (Å²) < 4.78 is 72.5. The first-order valence-electron chi connectivity index (χ1n) is 11.9. The number of hydroxylamine groups is 1. The van der Waals surface area contributed by atoms with Crippen LogP contribution in [0, 0.1) is 0 Å². The van der Waals surface area contributed by atoms with Crippen LogP contribution in [0.1, 0.15) is 52.9 Å². The second kappa shape index (κ2) is 11.6. The molecule has 38 heavy (non-hydrogen) atoms. The molecule has 8 nitrogen and oxygen atoms in total. The summed E-state index contributed by atoms with van der Waals surface area (Å²) in [5.74, 6) is -2.13. The number of amides is 2. The molecule has 208 valence electrons. The van der Waals surface area contributed by atoms with E-state index in [-0.39, 0.29) is 19.5 Å². The fraction of sp³-hybridized carbons (Fsp3) is 0.500. The highest BCUT2D eigenvalue weighted by Crippen LogP contribution is 2.44. The first-order valence-corrected chi connectivity index (χ1v) is 15.2. The molecule has 1 aromatic carbocycles. The molecule has 2 aliphatic rings. The summed E-state index contributed by atoms with van der Waals surface area (Å²) in [4.78, 5) is 33.0. The summed E-state index contributed by atoms with van der Waals surface area (Å²) in [6.45, 7) is 0.0126. The Morgan fingerprint density at radius 1 is 1.18 bits per heavy atom. The minimum atomic E-state index is -4.75. The van der Waals surface area contributed by atoms with Crippen LogP contribution in [0.4, 0.5) is 13.2 Å². The molecule has 14 heteroatoms. The number of nitrogens with zero attached hydrogens (tertiary/aromatic N) is 1. The molecule has 3 heterocycles. The molecule has 0 saturated carbocycles. The van der Waals surface area contributed by atoms with Crippen molar-refractivity contribution in [1.29, 1.82) is 0 Å². The predicted molar refractivity (Wildman–Crippen MR) is 137 cm³/mol. The molecule has 2 atom stereocenters. The van der Waals surface area contributed by atoms with Crippen molar-refractivity contribution in [1.82, 2.24) is 10.4 Å². The van der Waals surface area contributed by atoms with E-state index in [0.29, 0.717) is 21.7 Å². The molecule has 1 aromatic heterocycles. The monoisotopic (exact) mass is 638 g/mol. The Kier molecular flexibility index (Phi) is 8.87. The topological polar surface area (TPSA) is 102 Å². The molecule has 2 aliphatic heterocycles. The van der Waals surface area contributed by atoms with Crippen LogP contribution in [-0.4, -0.2) is 56.9 Å². The minimum absolute atomic E-state index is 0.167. The van der Waals surface area contributed by atoms with E-state index in [9.17, 15) is 31.2 Å². The summed E-state index contributed by atoms with van der Waals surface area (Å²) in [6.07, 6.45) is -3.73. The third kappa shape index (κ3) is 6.24. The molecule has 0 bridgehead atoms. The SMILES string of the molecule is O=C(CC1(c2ccc(Br)s2)CCN(C(=O)c2ccccc2C(F)(F)F)CCS1(=O)=O)NOC1CCCCO1. The highest BCUT2D eigenvalue weighted by molar-refractivity contribution is 9.11.